The highest BCUT2D eigenvalue weighted by atomic mass is 19.1. The zero-order chi connectivity index (χ0) is 14.7. The summed E-state index contributed by atoms with van der Waals surface area (Å²) in [5.41, 5.74) is 3.32. The molecule has 1 N–H and O–H groups in total. The molecule has 0 bridgehead atoms. The number of benzene rings is 1. The zero-order valence-electron chi connectivity index (χ0n) is 10.9. The Morgan fingerprint density at radius 2 is 2.20 bits per heavy atom. The Kier molecular flexibility index (Phi) is 3.88. The molecule has 0 aliphatic heterocycles. The van der Waals surface area contributed by atoms with Crippen LogP contribution < -0.4 is 5.43 Å². The zero-order valence-corrected chi connectivity index (χ0v) is 10.9. The van der Waals surface area contributed by atoms with E-state index in [9.17, 15) is 13.6 Å². The molecule has 0 saturated carbocycles. The Hall–Kier alpha value is -2.57. The van der Waals surface area contributed by atoms with Crippen molar-refractivity contribution in [2.75, 3.05) is 0 Å². The molecule has 0 radical (unpaired) electrons. The number of nitrogens with one attached hydrogen (secondary N) is 1. The molecule has 2 rings (SSSR count). The molecule has 7 heteroatoms. The van der Waals surface area contributed by atoms with Gasteiger partial charge in [-0.25, -0.2) is 14.2 Å². The third-order valence-corrected chi connectivity index (χ3v) is 2.82. The summed E-state index contributed by atoms with van der Waals surface area (Å²) in [7, 11) is 1.77. The number of nitrogens with zero attached hydrogens (tertiary/aromatic N) is 3. The molecule has 104 valence electrons. The number of carbonyl (C=O) groups excluding carboxylic acids is 1. The van der Waals surface area contributed by atoms with Crippen LogP contribution in [0, 0.1) is 18.6 Å². The van der Waals surface area contributed by atoms with Gasteiger partial charge in [0.25, 0.3) is 5.91 Å². The number of aryl methyl sites for hydroxylation is 1. The summed E-state index contributed by atoms with van der Waals surface area (Å²) in [6.45, 7) is 1.84. The Balaban J connectivity index is 2.09. The second-order valence-corrected chi connectivity index (χ2v) is 4.13. The summed E-state index contributed by atoms with van der Waals surface area (Å²) in [6, 6.07) is 2.64. The molecular weight excluding hydrogens is 266 g/mol. The van der Waals surface area contributed by atoms with Crippen molar-refractivity contribution in [3.8, 4) is 0 Å². The van der Waals surface area contributed by atoms with Gasteiger partial charge in [-0.1, -0.05) is 0 Å². The predicted octanol–water partition coefficient (Wildman–Crippen LogP) is 1.77. The molecule has 0 fully saturated rings. The highest BCUT2D eigenvalue weighted by Crippen LogP contribution is 2.09. The SMILES string of the molecule is Cc1c(/C=N\NC(=O)c2cc(F)ccc2F)cnn1C. The van der Waals surface area contributed by atoms with E-state index < -0.39 is 23.1 Å². The number of rotatable bonds is 3. The van der Waals surface area contributed by atoms with Crippen molar-refractivity contribution in [1.82, 2.24) is 15.2 Å². The quantitative estimate of drug-likeness (QED) is 0.687. The molecule has 2 aromatic rings. The molecule has 0 spiro atoms. The van der Waals surface area contributed by atoms with E-state index in [1.165, 1.54) is 6.21 Å². The Labute approximate surface area is 113 Å². The lowest BCUT2D eigenvalue weighted by molar-refractivity contribution is 0.0950. The molecule has 0 saturated heterocycles. The van der Waals surface area contributed by atoms with Crippen LogP contribution in [0.2, 0.25) is 0 Å². The van der Waals surface area contributed by atoms with E-state index in [1.807, 2.05) is 6.92 Å². The number of hydrogen-bond donors (Lipinski definition) is 1. The van der Waals surface area contributed by atoms with Crippen LogP contribution in [0.25, 0.3) is 0 Å². The summed E-state index contributed by atoms with van der Waals surface area (Å²) in [6.07, 6.45) is 2.96. The number of carbonyl (C=O) groups is 1. The summed E-state index contributed by atoms with van der Waals surface area (Å²) in [4.78, 5) is 11.6. The second kappa shape index (κ2) is 5.60. The van der Waals surface area contributed by atoms with E-state index in [0.717, 1.165) is 23.9 Å². The first kappa shape index (κ1) is 13.9. The standard InChI is InChI=1S/C13H12F2N4O/c1-8-9(7-17-19(8)2)6-16-18-13(20)11-5-10(14)3-4-12(11)15/h3-7H,1-2H3,(H,18,20)/b16-6-. The van der Waals surface area contributed by atoms with E-state index in [0.29, 0.717) is 5.56 Å². The first-order chi connectivity index (χ1) is 9.49. The second-order valence-electron chi connectivity index (χ2n) is 4.13. The van der Waals surface area contributed by atoms with Crippen LogP contribution in [0.4, 0.5) is 8.78 Å². The monoisotopic (exact) mass is 278 g/mol. The molecule has 1 amide bonds. The van der Waals surface area contributed by atoms with Crippen molar-refractivity contribution in [2.24, 2.45) is 12.1 Å². The van der Waals surface area contributed by atoms with Crippen molar-refractivity contribution in [1.29, 1.82) is 0 Å². The van der Waals surface area contributed by atoms with E-state index in [2.05, 4.69) is 15.6 Å². The van der Waals surface area contributed by atoms with Crippen LogP contribution >= 0.6 is 0 Å². The smallest absolute Gasteiger partial charge is 0.272 e. The lowest BCUT2D eigenvalue weighted by Gasteiger charge is -2.01. The molecule has 5 nitrogen and oxygen atoms in total. The number of aromatic nitrogens is 2. The molecule has 1 aromatic carbocycles. The van der Waals surface area contributed by atoms with E-state index in [4.69, 9.17) is 0 Å². The molecule has 1 heterocycles. The molecule has 0 aliphatic carbocycles. The van der Waals surface area contributed by atoms with Crippen LogP contribution in [0.15, 0.2) is 29.5 Å². The molecular formula is C13H12F2N4O. The summed E-state index contributed by atoms with van der Waals surface area (Å²) in [5.74, 6) is -2.32. The molecule has 0 unspecified atom stereocenters. The molecule has 0 aliphatic rings. The number of halogens is 2. The Bertz CT molecular complexity index is 679. The van der Waals surface area contributed by atoms with Crippen molar-refractivity contribution in [3.63, 3.8) is 0 Å². The van der Waals surface area contributed by atoms with Gasteiger partial charge in [0, 0.05) is 18.3 Å². The van der Waals surface area contributed by atoms with Gasteiger partial charge in [-0.2, -0.15) is 10.2 Å². The fourth-order valence-corrected chi connectivity index (χ4v) is 1.53. The minimum absolute atomic E-state index is 0.398. The van der Waals surface area contributed by atoms with Gasteiger partial charge in [-0.3, -0.25) is 9.48 Å². The molecule has 20 heavy (non-hydrogen) atoms. The first-order valence-electron chi connectivity index (χ1n) is 5.76. The van der Waals surface area contributed by atoms with Crippen LogP contribution in [0.3, 0.4) is 0 Å². The first-order valence-corrected chi connectivity index (χ1v) is 5.76. The minimum Gasteiger partial charge on any atom is -0.272 e. The normalized spacial score (nSPS) is 11.0. The van der Waals surface area contributed by atoms with Crippen LogP contribution in [0.5, 0.6) is 0 Å². The largest absolute Gasteiger partial charge is 0.274 e. The van der Waals surface area contributed by atoms with Crippen LogP contribution in [-0.2, 0) is 7.05 Å². The molecule has 0 atom stereocenters. The van der Waals surface area contributed by atoms with Gasteiger partial charge in [0.15, 0.2) is 0 Å². The summed E-state index contributed by atoms with van der Waals surface area (Å²) in [5, 5.41) is 7.70. The van der Waals surface area contributed by atoms with Gasteiger partial charge in [0.05, 0.1) is 18.0 Å². The van der Waals surface area contributed by atoms with Gasteiger partial charge in [-0.05, 0) is 25.1 Å². The van der Waals surface area contributed by atoms with E-state index in [1.54, 1.807) is 17.9 Å². The fraction of sp³-hybridized carbons (Fsp3) is 0.154. The topological polar surface area (TPSA) is 59.3 Å². The lowest BCUT2D eigenvalue weighted by atomic mass is 10.2. The van der Waals surface area contributed by atoms with Gasteiger partial charge >= 0.3 is 0 Å². The Morgan fingerprint density at radius 1 is 1.45 bits per heavy atom. The van der Waals surface area contributed by atoms with Crippen molar-refractivity contribution >= 4 is 12.1 Å². The average Bonchev–Trinajstić information content (AvgIpc) is 2.73. The fourth-order valence-electron chi connectivity index (χ4n) is 1.53. The maximum absolute atomic E-state index is 13.3. The van der Waals surface area contributed by atoms with E-state index in [-0.39, 0.29) is 0 Å². The van der Waals surface area contributed by atoms with Crippen LogP contribution in [0.1, 0.15) is 21.6 Å². The number of hydrogen-bond acceptors (Lipinski definition) is 3. The van der Waals surface area contributed by atoms with Gasteiger partial charge in [-0.15, -0.1) is 0 Å². The summed E-state index contributed by atoms with van der Waals surface area (Å²) < 4.78 is 27.9. The third-order valence-electron chi connectivity index (χ3n) is 2.82. The third kappa shape index (κ3) is 2.87. The number of hydrazone groups is 1. The number of amides is 1. The van der Waals surface area contributed by atoms with E-state index >= 15 is 0 Å². The average molecular weight is 278 g/mol. The van der Waals surface area contributed by atoms with Gasteiger partial charge in [0.2, 0.25) is 0 Å². The highest BCUT2D eigenvalue weighted by Gasteiger charge is 2.12. The maximum Gasteiger partial charge on any atom is 0.274 e. The van der Waals surface area contributed by atoms with Crippen molar-refractivity contribution in [2.45, 2.75) is 6.92 Å². The highest BCUT2D eigenvalue weighted by molar-refractivity contribution is 5.95. The Morgan fingerprint density at radius 3 is 2.85 bits per heavy atom. The minimum atomic E-state index is -0.820. The van der Waals surface area contributed by atoms with Crippen molar-refractivity contribution < 1.29 is 13.6 Å². The maximum atomic E-state index is 13.3. The summed E-state index contributed by atoms with van der Waals surface area (Å²) >= 11 is 0. The van der Waals surface area contributed by atoms with Gasteiger partial charge in [0.1, 0.15) is 11.6 Å². The lowest BCUT2D eigenvalue weighted by Crippen LogP contribution is -2.19. The molecule has 1 aromatic heterocycles. The van der Waals surface area contributed by atoms with Crippen LogP contribution in [-0.4, -0.2) is 21.9 Å². The van der Waals surface area contributed by atoms with Gasteiger partial charge < -0.3 is 0 Å². The van der Waals surface area contributed by atoms with Crippen molar-refractivity contribution in [3.05, 3.63) is 52.9 Å². The predicted molar refractivity (Wildman–Crippen MR) is 69.4 cm³/mol.